The van der Waals surface area contributed by atoms with E-state index in [-0.39, 0.29) is 22.6 Å². The Kier molecular flexibility index (Phi) is 5.11. The summed E-state index contributed by atoms with van der Waals surface area (Å²) >= 11 is 3.50. The van der Waals surface area contributed by atoms with Gasteiger partial charge < -0.3 is 4.74 Å². The van der Waals surface area contributed by atoms with Gasteiger partial charge in [0, 0.05) is 9.79 Å². The predicted molar refractivity (Wildman–Crippen MR) is 92.0 cm³/mol. The highest BCUT2D eigenvalue weighted by atomic mass is 32.2. The minimum atomic E-state index is -0.0660. The van der Waals surface area contributed by atoms with Crippen molar-refractivity contribution in [2.75, 3.05) is 0 Å². The summed E-state index contributed by atoms with van der Waals surface area (Å²) in [5, 5.41) is 0. The van der Waals surface area contributed by atoms with E-state index >= 15 is 0 Å². The smallest absolute Gasteiger partial charge is 0.315 e. The van der Waals surface area contributed by atoms with Gasteiger partial charge in [0.25, 0.3) is 0 Å². The predicted octanol–water partition coefficient (Wildman–Crippen LogP) is 4.85. The van der Waals surface area contributed by atoms with Crippen molar-refractivity contribution >= 4 is 29.5 Å². The van der Waals surface area contributed by atoms with E-state index in [0.29, 0.717) is 0 Å². The largest absolute Gasteiger partial charge is 0.461 e. The van der Waals surface area contributed by atoms with Gasteiger partial charge in [-0.15, -0.1) is 23.5 Å². The summed E-state index contributed by atoms with van der Waals surface area (Å²) in [5.41, 5.74) is 0. The van der Waals surface area contributed by atoms with Crippen LogP contribution in [0.4, 0.5) is 0 Å². The van der Waals surface area contributed by atoms with Crippen LogP contribution in [-0.4, -0.2) is 16.7 Å². The molecule has 2 aromatic rings. The molecule has 1 aliphatic rings. The molecule has 3 rings (SSSR count). The molecule has 0 aliphatic carbocycles. The van der Waals surface area contributed by atoms with Crippen molar-refractivity contribution in [1.82, 2.24) is 0 Å². The summed E-state index contributed by atoms with van der Waals surface area (Å²) in [6.07, 6.45) is 0.919. The van der Waals surface area contributed by atoms with Crippen molar-refractivity contribution in [2.45, 2.75) is 33.8 Å². The highest BCUT2D eigenvalue weighted by Crippen LogP contribution is 2.45. The molecular weight excluding hydrogens is 312 g/mol. The minimum absolute atomic E-state index is 0.0413. The maximum atomic E-state index is 12.0. The van der Waals surface area contributed by atoms with E-state index in [4.69, 9.17) is 4.74 Å². The summed E-state index contributed by atoms with van der Waals surface area (Å²) in [6, 6.07) is 20.5. The molecule has 0 saturated carbocycles. The molecule has 0 radical (unpaired) electrons. The van der Waals surface area contributed by atoms with Crippen LogP contribution >= 0.6 is 23.5 Å². The maximum absolute atomic E-state index is 12.0. The lowest BCUT2D eigenvalue weighted by Gasteiger charge is -2.38. The molecule has 1 fully saturated rings. The third-order valence-electron chi connectivity index (χ3n) is 3.63. The zero-order valence-electron chi connectivity index (χ0n) is 12.3. The molecule has 0 aromatic heterocycles. The van der Waals surface area contributed by atoms with E-state index in [1.54, 1.807) is 23.5 Å². The molecule has 0 bridgehead atoms. The molecule has 2 unspecified atom stereocenters. The SMILES string of the molecule is CCC1OC(=O)C1C(Sc1ccccc1)Sc1ccccc1. The molecule has 0 N–H and O–H groups in total. The molecule has 0 amide bonds. The lowest BCUT2D eigenvalue weighted by Crippen LogP contribution is -2.49. The van der Waals surface area contributed by atoms with Crippen LogP contribution in [0.5, 0.6) is 0 Å². The number of hydrogen-bond acceptors (Lipinski definition) is 4. The first kappa shape index (κ1) is 15.5. The quantitative estimate of drug-likeness (QED) is 0.430. The third-order valence-corrected chi connectivity index (χ3v) is 6.34. The van der Waals surface area contributed by atoms with Gasteiger partial charge in [0.2, 0.25) is 0 Å². The van der Waals surface area contributed by atoms with Gasteiger partial charge in [0.05, 0.1) is 4.58 Å². The zero-order chi connectivity index (χ0) is 15.4. The van der Waals surface area contributed by atoms with Gasteiger partial charge in [-0.1, -0.05) is 43.3 Å². The van der Waals surface area contributed by atoms with Crippen LogP contribution in [0, 0.1) is 5.92 Å². The Bertz CT molecular complexity index is 574. The number of hydrogen-bond donors (Lipinski definition) is 0. The van der Waals surface area contributed by atoms with Gasteiger partial charge in [-0.05, 0) is 30.7 Å². The minimum Gasteiger partial charge on any atom is -0.461 e. The van der Waals surface area contributed by atoms with E-state index in [1.807, 2.05) is 36.4 Å². The lowest BCUT2D eigenvalue weighted by molar-refractivity contribution is -0.182. The normalized spacial score (nSPS) is 20.5. The second kappa shape index (κ2) is 7.25. The van der Waals surface area contributed by atoms with E-state index < -0.39 is 0 Å². The van der Waals surface area contributed by atoms with E-state index in [0.717, 1.165) is 6.42 Å². The summed E-state index contributed by atoms with van der Waals surface area (Å²) in [6.45, 7) is 2.07. The highest BCUT2D eigenvalue weighted by Gasteiger charge is 2.47. The monoisotopic (exact) mass is 330 g/mol. The van der Waals surface area contributed by atoms with E-state index in [9.17, 15) is 4.79 Å². The fourth-order valence-corrected chi connectivity index (χ4v) is 5.33. The highest BCUT2D eigenvalue weighted by molar-refractivity contribution is 8.17. The summed E-state index contributed by atoms with van der Waals surface area (Å²) < 4.78 is 5.43. The number of rotatable bonds is 6. The lowest BCUT2D eigenvalue weighted by atomic mass is 9.97. The van der Waals surface area contributed by atoms with Crippen molar-refractivity contribution in [3.05, 3.63) is 60.7 Å². The Hall–Kier alpha value is -1.39. The molecular formula is C18H18O2S2. The number of cyclic esters (lactones) is 1. The summed E-state index contributed by atoms with van der Waals surface area (Å²) in [4.78, 5) is 14.3. The Morgan fingerprint density at radius 3 is 1.86 bits per heavy atom. The van der Waals surface area contributed by atoms with Crippen molar-refractivity contribution < 1.29 is 9.53 Å². The first-order chi connectivity index (χ1) is 10.8. The second-order valence-corrected chi connectivity index (χ2v) is 7.87. The number of thioether (sulfide) groups is 2. The van der Waals surface area contributed by atoms with Gasteiger partial charge in [0.1, 0.15) is 12.0 Å². The number of ether oxygens (including phenoxy) is 1. The molecule has 2 aromatic carbocycles. The Morgan fingerprint density at radius 2 is 1.45 bits per heavy atom. The first-order valence-electron chi connectivity index (χ1n) is 7.42. The van der Waals surface area contributed by atoms with Crippen molar-refractivity contribution in [3.8, 4) is 0 Å². The standard InChI is InChI=1S/C18H18O2S2/c1-2-15-16(17(19)20-15)18(21-13-9-5-3-6-10-13)22-14-11-7-4-8-12-14/h3-12,15-16,18H,2H2,1H3. The molecule has 0 spiro atoms. The van der Waals surface area contributed by atoms with E-state index in [1.165, 1.54) is 9.79 Å². The average molecular weight is 330 g/mol. The topological polar surface area (TPSA) is 26.3 Å². The summed E-state index contributed by atoms with van der Waals surface area (Å²) in [5.74, 6) is -0.107. The fourth-order valence-electron chi connectivity index (χ4n) is 2.44. The zero-order valence-corrected chi connectivity index (χ0v) is 14.0. The molecule has 1 aliphatic heterocycles. The number of benzene rings is 2. The Labute approximate surface area is 139 Å². The van der Waals surface area contributed by atoms with E-state index in [2.05, 4.69) is 31.2 Å². The third kappa shape index (κ3) is 3.50. The average Bonchev–Trinajstić information content (AvgIpc) is 2.54. The van der Waals surface area contributed by atoms with Crippen molar-refractivity contribution in [1.29, 1.82) is 0 Å². The molecule has 114 valence electrons. The fraction of sp³-hybridized carbons (Fsp3) is 0.278. The van der Waals surface area contributed by atoms with Crippen LogP contribution in [0.15, 0.2) is 70.5 Å². The van der Waals surface area contributed by atoms with Crippen LogP contribution < -0.4 is 0 Å². The first-order valence-corrected chi connectivity index (χ1v) is 9.17. The Balaban J connectivity index is 1.80. The van der Waals surface area contributed by atoms with Crippen molar-refractivity contribution in [3.63, 3.8) is 0 Å². The van der Waals surface area contributed by atoms with Crippen LogP contribution in [0.1, 0.15) is 13.3 Å². The molecule has 4 heteroatoms. The maximum Gasteiger partial charge on any atom is 0.315 e. The van der Waals surface area contributed by atoms with Crippen LogP contribution in [0.3, 0.4) is 0 Å². The molecule has 22 heavy (non-hydrogen) atoms. The van der Waals surface area contributed by atoms with Gasteiger partial charge in [-0.2, -0.15) is 0 Å². The number of carbonyl (C=O) groups excluding carboxylic acids is 1. The van der Waals surface area contributed by atoms with Crippen LogP contribution in [0.25, 0.3) is 0 Å². The number of carbonyl (C=O) groups is 1. The van der Waals surface area contributed by atoms with Gasteiger partial charge in [-0.3, -0.25) is 4.79 Å². The van der Waals surface area contributed by atoms with Gasteiger partial charge in [-0.25, -0.2) is 0 Å². The molecule has 2 atom stereocenters. The van der Waals surface area contributed by atoms with Crippen LogP contribution in [-0.2, 0) is 9.53 Å². The molecule has 2 nitrogen and oxygen atoms in total. The van der Waals surface area contributed by atoms with Crippen molar-refractivity contribution in [2.24, 2.45) is 5.92 Å². The van der Waals surface area contributed by atoms with Crippen LogP contribution in [0.2, 0.25) is 0 Å². The van der Waals surface area contributed by atoms with Gasteiger partial charge >= 0.3 is 5.97 Å². The van der Waals surface area contributed by atoms with Gasteiger partial charge in [0.15, 0.2) is 0 Å². The molecule has 1 heterocycles. The molecule has 1 saturated heterocycles. The Morgan fingerprint density at radius 1 is 0.955 bits per heavy atom. The second-order valence-electron chi connectivity index (χ2n) is 5.14. The number of esters is 1. The summed E-state index contributed by atoms with van der Waals surface area (Å²) in [7, 11) is 0.